The van der Waals surface area contributed by atoms with Gasteiger partial charge in [0.05, 0.1) is 0 Å². The quantitative estimate of drug-likeness (QED) is 0.259. The second-order valence-electron chi connectivity index (χ2n) is 2.53. The van der Waals surface area contributed by atoms with Crippen LogP contribution in [0.25, 0.3) is 10.4 Å². The fourth-order valence-corrected chi connectivity index (χ4v) is 1.65. The molecule has 0 bridgehead atoms. The van der Waals surface area contributed by atoms with Crippen LogP contribution in [-0.2, 0) is 7.05 Å². The van der Waals surface area contributed by atoms with Gasteiger partial charge in [0.1, 0.15) is 0 Å². The summed E-state index contributed by atoms with van der Waals surface area (Å²) in [6.45, 7) is 0.474. The monoisotopic (exact) mass is 214 g/mol. The van der Waals surface area contributed by atoms with E-state index in [2.05, 4.69) is 20.2 Å². The van der Waals surface area contributed by atoms with E-state index in [0.29, 0.717) is 11.7 Å². The van der Waals surface area contributed by atoms with Gasteiger partial charge >= 0.3 is 5.69 Å². The molecule has 0 saturated carbocycles. The lowest BCUT2D eigenvalue weighted by atomic mass is 10.5. The normalized spacial score (nSPS) is 9.79. The number of hydrogen-bond donors (Lipinski definition) is 1. The SMILES string of the molecule is Cn1c(SCCCN=[N+]=[N-])n[nH]c1=O. The molecule has 0 fully saturated rings. The zero-order chi connectivity index (χ0) is 10.4. The van der Waals surface area contributed by atoms with E-state index in [1.54, 1.807) is 7.05 Å². The van der Waals surface area contributed by atoms with Crippen LogP contribution in [0.1, 0.15) is 6.42 Å². The number of hydrogen-bond acceptors (Lipinski definition) is 4. The highest BCUT2D eigenvalue weighted by atomic mass is 32.2. The number of aromatic nitrogens is 3. The van der Waals surface area contributed by atoms with Gasteiger partial charge in [-0.25, -0.2) is 9.89 Å². The van der Waals surface area contributed by atoms with Gasteiger partial charge in [0, 0.05) is 24.3 Å². The van der Waals surface area contributed by atoms with E-state index < -0.39 is 0 Å². The molecule has 0 aliphatic rings. The van der Waals surface area contributed by atoms with Gasteiger partial charge in [0.15, 0.2) is 5.16 Å². The highest BCUT2D eigenvalue weighted by Crippen LogP contribution is 2.12. The van der Waals surface area contributed by atoms with Crippen molar-refractivity contribution in [3.05, 3.63) is 20.9 Å². The van der Waals surface area contributed by atoms with Crippen LogP contribution >= 0.6 is 11.8 Å². The Morgan fingerprint density at radius 3 is 3.14 bits per heavy atom. The molecule has 0 atom stereocenters. The number of H-pyrrole nitrogens is 1. The average molecular weight is 214 g/mol. The van der Waals surface area contributed by atoms with Crippen LogP contribution in [0.3, 0.4) is 0 Å². The third kappa shape index (κ3) is 2.82. The molecule has 7 nitrogen and oxygen atoms in total. The number of nitrogens with zero attached hydrogens (tertiary/aromatic N) is 5. The van der Waals surface area contributed by atoms with E-state index in [0.717, 1.165) is 12.2 Å². The highest BCUT2D eigenvalue weighted by molar-refractivity contribution is 7.99. The average Bonchev–Trinajstić information content (AvgIpc) is 2.49. The summed E-state index contributed by atoms with van der Waals surface area (Å²) in [6.07, 6.45) is 0.774. The summed E-state index contributed by atoms with van der Waals surface area (Å²) in [5.74, 6) is 0.775. The van der Waals surface area contributed by atoms with Crippen LogP contribution in [-0.4, -0.2) is 27.1 Å². The molecule has 1 aromatic rings. The molecule has 1 heterocycles. The summed E-state index contributed by atoms with van der Waals surface area (Å²) in [7, 11) is 1.65. The zero-order valence-electron chi connectivity index (χ0n) is 7.67. The molecule has 0 amide bonds. The summed E-state index contributed by atoms with van der Waals surface area (Å²) in [4.78, 5) is 13.6. The predicted molar refractivity (Wildman–Crippen MR) is 53.2 cm³/mol. The third-order valence-electron chi connectivity index (χ3n) is 1.54. The minimum atomic E-state index is -0.220. The lowest BCUT2D eigenvalue weighted by Crippen LogP contribution is -2.12. The van der Waals surface area contributed by atoms with Crippen LogP contribution in [0.2, 0.25) is 0 Å². The standard InChI is InChI=1S/C6H10N6OS/c1-12-5(13)9-10-6(12)14-4-2-3-8-11-7/h2-4H2,1H3,(H,9,13). The Balaban J connectivity index is 2.35. The lowest BCUT2D eigenvalue weighted by Gasteiger charge is -1.96. The summed E-state index contributed by atoms with van der Waals surface area (Å²) in [5, 5.41) is 10.2. The lowest BCUT2D eigenvalue weighted by molar-refractivity contribution is 0.764. The van der Waals surface area contributed by atoms with Crippen molar-refractivity contribution in [1.29, 1.82) is 0 Å². The Morgan fingerprint density at radius 2 is 2.57 bits per heavy atom. The summed E-state index contributed by atoms with van der Waals surface area (Å²) in [5.41, 5.74) is 7.80. The Labute approximate surface area is 84.1 Å². The third-order valence-corrected chi connectivity index (χ3v) is 2.65. The molecule has 8 heteroatoms. The first-order valence-electron chi connectivity index (χ1n) is 4.00. The van der Waals surface area contributed by atoms with E-state index in [1.165, 1.54) is 16.3 Å². The van der Waals surface area contributed by atoms with Crippen molar-refractivity contribution in [2.75, 3.05) is 12.3 Å². The molecular formula is C6H10N6OS. The van der Waals surface area contributed by atoms with Crippen molar-refractivity contribution < 1.29 is 0 Å². The Morgan fingerprint density at radius 1 is 1.79 bits per heavy atom. The Bertz CT molecular complexity index is 389. The highest BCUT2D eigenvalue weighted by Gasteiger charge is 2.02. The summed E-state index contributed by atoms with van der Waals surface area (Å²) in [6, 6.07) is 0. The molecular weight excluding hydrogens is 204 g/mol. The van der Waals surface area contributed by atoms with Crippen LogP contribution < -0.4 is 5.69 Å². The van der Waals surface area contributed by atoms with E-state index >= 15 is 0 Å². The first-order chi connectivity index (χ1) is 6.75. The van der Waals surface area contributed by atoms with Gasteiger partial charge in [0.2, 0.25) is 0 Å². The van der Waals surface area contributed by atoms with Crippen molar-refractivity contribution in [2.24, 2.45) is 12.2 Å². The van der Waals surface area contributed by atoms with E-state index in [1.807, 2.05) is 0 Å². The maximum absolute atomic E-state index is 10.9. The van der Waals surface area contributed by atoms with E-state index in [4.69, 9.17) is 5.53 Å². The first kappa shape index (κ1) is 10.7. The maximum atomic E-state index is 10.9. The fourth-order valence-electron chi connectivity index (χ4n) is 0.805. The largest absolute Gasteiger partial charge is 0.343 e. The van der Waals surface area contributed by atoms with Crippen molar-refractivity contribution >= 4 is 11.8 Å². The van der Waals surface area contributed by atoms with Crippen molar-refractivity contribution in [2.45, 2.75) is 11.6 Å². The molecule has 1 aromatic heterocycles. The van der Waals surface area contributed by atoms with Crippen LogP contribution in [0, 0.1) is 0 Å². The van der Waals surface area contributed by atoms with Crippen molar-refractivity contribution in [3.63, 3.8) is 0 Å². The number of thioether (sulfide) groups is 1. The van der Waals surface area contributed by atoms with Gasteiger partial charge in [0.25, 0.3) is 0 Å². The van der Waals surface area contributed by atoms with Crippen molar-refractivity contribution in [1.82, 2.24) is 14.8 Å². The Hall–Kier alpha value is -1.40. The molecule has 0 spiro atoms. The number of aromatic amines is 1. The predicted octanol–water partition coefficient (Wildman–Crippen LogP) is 0.901. The minimum Gasteiger partial charge on any atom is -0.273 e. The minimum absolute atomic E-state index is 0.220. The smallest absolute Gasteiger partial charge is 0.273 e. The van der Waals surface area contributed by atoms with Crippen LogP contribution in [0.5, 0.6) is 0 Å². The first-order valence-corrected chi connectivity index (χ1v) is 4.99. The van der Waals surface area contributed by atoms with Gasteiger partial charge in [-0.1, -0.05) is 16.9 Å². The number of nitrogens with one attached hydrogen (secondary N) is 1. The molecule has 0 aromatic carbocycles. The van der Waals surface area contributed by atoms with E-state index in [9.17, 15) is 4.79 Å². The van der Waals surface area contributed by atoms with Crippen molar-refractivity contribution in [3.8, 4) is 0 Å². The second-order valence-corrected chi connectivity index (χ2v) is 3.59. The summed E-state index contributed by atoms with van der Waals surface area (Å²) < 4.78 is 1.44. The molecule has 1 N–H and O–H groups in total. The van der Waals surface area contributed by atoms with Crippen LogP contribution in [0.15, 0.2) is 15.1 Å². The molecule has 76 valence electrons. The Kier molecular flexibility index (Phi) is 4.09. The van der Waals surface area contributed by atoms with Gasteiger partial charge in [-0.2, -0.15) is 0 Å². The summed E-state index contributed by atoms with van der Waals surface area (Å²) >= 11 is 1.46. The topological polar surface area (TPSA) is 99.4 Å². The van der Waals surface area contributed by atoms with Gasteiger partial charge in [-0.15, -0.1) is 5.10 Å². The molecule has 14 heavy (non-hydrogen) atoms. The molecule has 0 aliphatic heterocycles. The number of azide groups is 1. The van der Waals surface area contributed by atoms with Gasteiger partial charge < -0.3 is 0 Å². The van der Waals surface area contributed by atoms with Gasteiger partial charge in [-0.05, 0) is 12.0 Å². The molecule has 1 rings (SSSR count). The number of rotatable bonds is 5. The zero-order valence-corrected chi connectivity index (χ0v) is 8.49. The van der Waals surface area contributed by atoms with Gasteiger partial charge in [-0.3, -0.25) is 4.57 Å². The van der Waals surface area contributed by atoms with E-state index in [-0.39, 0.29) is 5.69 Å². The fraction of sp³-hybridized carbons (Fsp3) is 0.667. The second kappa shape index (κ2) is 5.36. The molecule has 0 saturated heterocycles. The molecule has 0 aliphatic carbocycles. The molecule has 0 radical (unpaired) electrons. The van der Waals surface area contributed by atoms with Crippen LogP contribution in [0.4, 0.5) is 0 Å². The molecule has 0 unspecified atom stereocenters. The maximum Gasteiger partial charge on any atom is 0.343 e.